The van der Waals surface area contributed by atoms with Crippen molar-refractivity contribution in [2.45, 2.75) is 31.8 Å². The number of aromatic nitrogens is 3. The molecule has 0 saturated heterocycles. The molecule has 0 spiro atoms. The number of hydrogen-bond donors (Lipinski definition) is 1. The average molecular weight is 406 g/mol. The molecule has 30 heavy (non-hydrogen) atoms. The van der Waals surface area contributed by atoms with Crippen LogP contribution in [0.4, 0.5) is 0 Å². The van der Waals surface area contributed by atoms with Crippen LogP contribution in [0.15, 0.2) is 53.5 Å². The van der Waals surface area contributed by atoms with E-state index in [1.165, 1.54) is 0 Å². The lowest BCUT2D eigenvalue weighted by Gasteiger charge is -2.30. The Morgan fingerprint density at radius 3 is 2.60 bits per heavy atom. The number of likely N-dealkylation sites (N-methyl/N-ethyl adjacent to an activating group) is 1. The molecule has 4 rings (SSSR count). The smallest absolute Gasteiger partial charge is 0.276 e. The number of carbonyl (C=O) groups excluding carboxylic acids is 1. The molecule has 7 heteroatoms. The van der Waals surface area contributed by atoms with Gasteiger partial charge in [0.25, 0.3) is 11.5 Å². The van der Waals surface area contributed by atoms with Crippen molar-refractivity contribution in [1.29, 1.82) is 0 Å². The van der Waals surface area contributed by atoms with Gasteiger partial charge in [-0.3, -0.25) is 19.6 Å². The summed E-state index contributed by atoms with van der Waals surface area (Å²) in [6, 6.07) is 13.6. The molecule has 1 aromatic carbocycles. The van der Waals surface area contributed by atoms with Gasteiger partial charge in [-0.15, -0.1) is 0 Å². The van der Waals surface area contributed by atoms with Crippen LogP contribution in [0.2, 0.25) is 0 Å². The molecule has 0 aliphatic heterocycles. The lowest BCUT2D eigenvalue weighted by atomic mass is 9.92. The number of fused-ring (bicyclic) bond motifs is 1. The van der Waals surface area contributed by atoms with Crippen LogP contribution in [0.25, 0.3) is 5.82 Å². The van der Waals surface area contributed by atoms with Gasteiger partial charge >= 0.3 is 0 Å². The molecule has 3 aromatic rings. The lowest BCUT2D eigenvalue weighted by Crippen LogP contribution is -2.37. The predicted octanol–water partition coefficient (Wildman–Crippen LogP) is 2.25. The third-order valence-corrected chi connectivity index (χ3v) is 5.78. The summed E-state index contributed by atoms with van der Waals surface area (Å²) in [4.78, 5) is 33.2. The van der Waals surface area contributed by atoms with E-state index in [1.807, 2.05) is 42.5 Å². The third-order valence-electron chi connectivity index (χ3n) is 5.78. The molecular weight excluding hydrogens is 378 g/mol. The molecule has 1 N–H and O–H groups in total. The first-order chi connectivity index (χ1) is 14.4. The molecule has 0 radical (unpaired) electrons. The molecule has 0 fully saturated rings. The molecule has 1 aliphatic carbocycles. The standard InChI is InChI=1S/C23H27N5O2/c1-26(2)22(29)17-9-7-16(8-10-17)15-27(3)18-11-12-20-19(14-18)23(30)28(25-20)21-6-4-5-13-24-21/h4-10,13,18,25H,11-12,14-15H2,1-3H3. The molecule has 0 saturated carbocycles. The van der Waals surface area contributed by atoms with Gasteiger partial charge in [-0.1, -0.05) is 18.2 Å². The summed E-state index contributed by atoms with van der Waals surface area (Å²) in [5.41, 5.74) is 3.71. The quantitative estimate of drug-likeness (QED) is 0.707. The van der Waals surface area contributed by atoms with Crippen LogP contribution in [0.3, 0.4) is 0 Å². The van der Waals surface area contributed by atoms with Gasteiger partial charge in [0.1, 0.15) is 0 Å². The highest BCUT2D eigenvalue weighted by molar-refractivity contribution is 5.93. The van der Waals surface area contributed by atoms with E-state index in [0.717, 1.165) is 42.6 Å². The Hall–Kier alpha value is -3.19. The number of H-pyrrole nitrogens is 1. The Kier molecular flexibility index (Phi) is 5.55. The van der Waals surface area contributed by atoms with Crippen LogP contribution in [0, 0.1) is 0 Å². The number of aromatic amines is 1. The SMILES string of the molecule is CN(C)C(=O)c1ccc(CN(C)C2CCc3[nH]n(-c4ccccn4)c(=O)c3C2)cc1. The van der Waals surface area contributed by atoms with Gasteiger partial charge in [0.05, 0.1) is 0 Å². The Morgan fingerprint density at radius 1 is 1.17 bits per heavy atom. The zero-order chi connectivity index (χ0) is 21.3. The van der Waals surface area contributed by atoms with Crippen molar-refractivity contribution in [3.05, 3.63) is 81.4 Å². The van der Waals surface area contributed by atoms with E-state index < -0.39 is 0 Å². The summed E-state index contributed by atoms with van der Waals surface area (Å²) in [6.45, 7) is 0.773. The zero-order valence-electron chi connectivity index (χ0n) is 17.6. The Balaban J connectivity index is 1.46. The normalized spacial score (nSPS) is 15.8. The minimum Gasteiger partial charge on any atom is -0.345 e. The van der Waals surface area contributed by atoms with Gasteiger partial charge in [-0.05, 0) is 56.1 Å². The van der Waals surface area contributed by atoms with E-state index in [-0.39, 0.29) is 11.5 Å². The summed E-state index contributed by atoms with van der Waals surface area (Å²) < 4.78 is 1.55. The Morgan fingerprint density at radius 2 is 1.93 bits per heavy atom. The fourth-order valence-electron chi connectivity index (χ4n) is 4.03. The van der Waals surface area contributed by atoms with Crippen molar-refractivity contribution in [2.24, 2.45) is 0 Å². The molecule has 0 bridgehead atoms. The van der Waals surface area contributed by atoms with Gasteiger partial charge in [-0.25, -0.2) is 9.67 Å². The summed E-state index contributed by atoms with van der Waals surface area (Å²) in [5, 5.41) is 3.24. The van der Waals surface area contributed by atoms with Crippen LogP contribution in [0.5, 0.6) is 0 Å². The molecule has 1 unspecified atom stereocenters. The van der Waals surface area contributed by atoms with Crippen LogP contribution in [-0.4, -0.2) is 57.7 Å². The van der Waals surface area contributed by atoms with E-state index in [2.05, 4.69) is 22.0 Å². The van der Waals surface area contributed by atoms with Crippen LogP contribution in [-0.2, 0) is 19.4 Å². The van der Waals surface area contributed by atoms with E-state index in [0.29, 0.717) is 17.4 Å². The Bertz CT molecular complexity index is 1080. The van der Waals surface area contributed by atoms with Crippen molar-refractivity contribution in [1.82, 2.24) is 24.6 Å². The van der Waals surface area contributed by atoms with E-state index >= 15 is 0 Å². The number of carbonyl (C=O) groups is 1. The zero-order valence-corrected chi connectivity index (χ0v) is 17.6. The number of amides is 1. The number of hydrogen-bond acceptors (Lipinski definition) is 4. The largest absolute Gasteiger partial charge is 0.345 e. The van der Waals surface area contributed by atoms with E-state index in [4.69, 9.17) is 0 Å². The van der Waals surface area contributed by atoms with Gasteiger partial charge in [0, 0.05) is 49.7 Å². The fourth-order valence-corrected chi connectivity index (χ4v) is 4.03. The van der Waals surface area contributed by atoms with Gasteiger partial charge in [-0.2, -0.15) is 0 Å². The first-order valence-electron chi connectivity index (χ1n) is 10.2. The summed E-state index contributed by atoms with van der Waals surface area (Å²) in [7, 11) is 5.60. The first-order valence-corrected chi connectivity index (χ1v) is 10.2. The Labute approximate surface area is 175 Å². The van der Waals surface area contributed by atoms with Gasteiger partial charge < -0.3 is 4.90 Å². The van der Waals surface area contributed by atoms with Crippen molar-refractivity contribution in [3.63, 3.8) is 0 Å². The lowest BCUT2D eigenvalue weighted by molar-refractivity contribution is 0.0827. The van der Waals surface area contributed by atoms with Gasteiger partial charge in [0.2, 0.25) is 0 Å². The highest BCUT2D eigenvalue weighted by atomic mass is 16.2. The maximum Gasteiger partial charge on any atom is 0.276 e. The first kappa shape index (κ1) is 20.1. The molecule has 7 nitrogen and oxygen atoms in total. The molecule has 1 aliphatic rings. The van der Waals surface area contributed by atoms with Crippen molar-refractivity contribution in [2.75, 3.05) is 21.1 Å². The minimum absolute atomic E-state index is 0.00589. The molecule has 2 aromatic heterocycles. The average Bonchev–Trinajstić information content (AvgIpc) is 3.10. The number of pyridine rings is 1. The van der Waals surface area contributed by atoms with Crippen molar-refractivity contribution < 1.29 is 4.79 Å². The van der Waals surface area contributed by atoms with Gasteiger partial charge in [0.15, 0.2) is 5.82 Å². The van der Waals surface area contributed by atoms with Crippen LogP contribution < -0.4 is 5.56 Å². The number of benzene rings is 1. The maximum atomic E-state index is 12.9. The molecule has 156 valence electrons. The fraction of sp³-hybridized carbons (Fsp3) is 0.348. The molecular formula is C23H27N5O2. The second kappa shape index (κ2) is 8.28. The molecule has 1 amide bonds. The second-order valence-electron chi connectivity index (χ2n) is 8.11. The highest BCUT2D eigenvalue weighted by Crippen LogP contribution is 2.22. The number of rotatable bonds is 5. The molecule has 1 atom stereocenters. The van der Waals surface area contributed by atoms with Crippen LogP contribution >= 0.6 is 0 Å². The summed E-state index contributed by atoms with van der Waals surface area (Å²) >= 11 is 0. The summed E-state index contributed by atoms with van der Waals surface area (Å²) in [5.74, 6) is 0.625. The van der Waals surface area contributed by atoms with Crippen molar-refractivity contribution >= 4 is 5.91 Å². The molecule has 2 heterocycles. The van der Waals surface area contributed by atoms with Crippen LogP contribution in [0.1, 0.15) is 33.6 Å². The monoisotopic (exact) mass is 405 g/mol. The summed E-state index contributed by atoms with van der Waals surface area (Å²) in [6.07, 6.45) is 4.24. The maximum absolute atomic E-state index is 12.9. The van der Waals surface area contributed by atoms with Crippen molar-refractivity contribution in [3.8, 4) is 5.82 Å². The predicted molar refractivity (Wildman–Crippen MR) is 116 cm³/mol. The number of nitrogens with one attached hydrogen (secondary N) is 1. The number of aryl methyl sites for hydroxylation is 1. The minimum atomic E-state index is -0.00616. The van der Waals surface area contributed by atoms with E-state index in [9.17, 15) is 9.59 Å². The third kappa shape index (κ3) is 3.93. The topological polar surface area (TPSA) is 74.2 Å². The second-order valence-corrected chi connectivity index (χ2v) is 8.11. The number of nitrogens with zero attached hydrogens (tertiary/aromatic N) is 4. The highest BCUT2D eigenvalue weighted by Gasteiger charge is 2.27. The van der Waals surface area contributed by atoms with E-state index in [1.54, 1.807) is 29.9 Å².